The maximum Gasteiger partial charge on any atom is 0.488 e. The van der Waals surface area contributed by atoms with E-state index in [0.29, 0.717) is 0 Å². The molecule has 5 atom stereocenters. The molecule has 2 aromatic heterocycles. The van der Waals surface area contributed by atoms with E-state index in [9.17, 15) is 14.7 Å². The van der Waals surface area contributed by atoms with Crippen molar-refractivity contribution in [3.05, 3.63) is 16.7 Å². The molecule has 2 aromatic rings. The lowest BCUT2D eigenvalue weighted by Crippen LogP contribution is -2.41. The van der Waals surface area contributed by atoms with E-state index in [2.05, 4.69) is 19.7 Å². The van der Waals surface area contributed by atoms with Crippen molar-refractivity contribution in [1.82, 2.24) is 19.5 Å². The normalized spacial score (nSPS) is 32.4. The quantitative estimate of drug-likeness (QED) is 0.237. The number of aliphatic hydroxyl groups is 1. The maximum atomic E-state index is 11.9. The number of aromatic amines is 1. The van der Waals surface area contributed by atoms with Gasteiger partial charge in [-0.1, -0.05) is 0 Å². The van der Waals surface area contributed by atoms with Crippen LogP contribution in [0.3, 0.4) is 0 Å². The van der Waals surface area contributed by atoms with Crippen LogP contribution >= 0.6 is 7.82 Å². The van der Waals surface area contributed by atoms with Crippen molar-refractivity contribution >= 4 is 38.5 Å². The zero-order chi connectivity index (χ0) is 20.1. The highest BCUT2D eigenvalue weighted by atomic mass is 31.2. The monoisotopic (exact) mass is 412 g/mol. The molecule has 2 saturated heterocycles. The van der Waals surface area contributed by atoms with E-state index in [4.69, 9.17) is 31.6 Å². The van der Waals surface area contributed by atoms with Crippen LogP contribution in [0.25, 0.3) is 11.2 Å². The van der Waals surface area contributed by atoms with Gasteiger partial charge < -0.3 is 20.3 Å². The molecule has 0 aliphatic carbocycles. The summed E-state index contributed by atoms with van der Waals surface area (Å²) in [5.41, 5.74) is 5.26. The molecule has 4 heterocycles. The van der Waals surface area contributed by atoms with Crippen LogP contribution < -0.4 is 11.3 Å². The number of H-pyrrole nitrogens is 1. The third-order valence-electron chi connectivity index (χ3n) is 4.22. The first-order valence-corrected chi connectivity index (χ1v) is 9.73. The van der Waals surface area contributed by atoms with Gasteiger partial charge in [0.1, 0.15) is 18.8 Å². The number of ether oxygens (including phenoxy) is 2. The highest BCUT2D eigenvalue weighted by molar-refractivity contribution is 7.85. The molecule has 13 nitrogen and oxygen atoms in total. The number of rotatable bonds is 4. The highest BCUT2D eigenvalue weighted by Crippen LogP contribution is 2.62. The van der Waals surface area contributed by atoms with Gasteiger partial charge in [0.25, 0.3) is 5.56 Å². The summed E-state index contributed by atoms with van der Waals surface area (Å²) < 4.78 is 28.1. The number of hydrogen-bond donors (Lipinski definition) is 3. The molecule has 0 amide bonds. The fourth-order valence-electron chi connectivity index (χ4n) is 2.97. The number of aliphatic hydroxyl groups excluding tert-OH is 1. The average Bonchev–Trinajstić information content (AvgIpc) is 3.16. The van der Waals surface area contributed by atoms with Crippen LogP contribution in [0.1, 0.15) is 13.2 Å². The second-order valence-electron chi connectivity index (χ2n) is 6.12. The Morgan fingerprint density at radius 1 is 1.61 bits per heavy atom. The number of nitrogen functional groups attached to an aromatic ring is 1. The third kappa shape index (κ3) is 3.38. The number of nitrogens with one attached hydrogen (secondary N) is 1. The van der Waals surface area contributed by atoms with Crippen LogP contribution in [0.5, 0.6) is 0 Å². The standard InChI is InChI=1S/C13H16BN5O8P/c1-5(20)23-4-25-28(14)24-2-6-9(27-28)8(21)12(26-6)19-3-16-7-10(19)17-13(15)18-11(7)22/h3,6,8-9,12,21H,2,4H2,1H3,(H3,15,17,18,22)/q+1/t6-,8+,9+,12-,28?/m1/s1. The molecule has 4 N–H and O–H groups in total. The topological polar surface area (TPSA) is 173 Å². The number of aromatic nitrogens is 4. The maximum absolute atomic E-state index is 11.9. The van der Waals surface area contributed by atoms with Gasteiger partial charge in [0.2, 0.25) is 12.7 Å². The second kappa shape index (κ2) is 7.06. The van der Waals surface area contributed by atoms with E-state index in [1.54, 1.807) is 0 Å². The predicted molar refractivity (Wildman–Crippen MR) is 93.7 cm³/mol. The van der Waals surface area contributed by atoms with Gasteiger partial charge in [-0.15, -0.1) is 0 Å². The lowest BCUT2D eigenvalue weighted by atomic mass is 10.1. The second-order valence-corrected chi connectivity index (χ2v) is 7.93. The Hall–Kier alpha value is -2.09. The van der Waals surface area contributed by atoms with Crippen LogP contribution in [0, 0.1) is 0 Å². The number of imidazole rings is 1. The summed E-state index contributed by atoms with van der Waals surface area (Å²) in [6, 6.07) is 0. The van der Waals surface area contributed by atoms with E-state index in [1.807, 2.05) is 0 Å². The molecule has 1 unspecified atom stereocenters. The number of carbonyl (C=O) groups is 1. The molecular formula is C13H16BN5O8P+. The Kier molecular flexibility index (Phi) is 4.85. The molecule has 0 aromatic carbocycles. The minimum atomic E-state index is -3.33. The van der Waals surface area contributed by atoms with Crippen molar-refractivity contribution in [2.75, 3.05) is 19.1 Å². The van der Waals surface area contributed by atoms with Crippen molar-refractivity contribution in [3.8, 4) is 0 Å². The van der Waals surface area contributed by atoms with Crippen LogP contribution in [0.15, 0.2) is 11.1 Å². The summed E-state index contributed by atoms with van der Waals surface area (Å²) in [6.07, 6.45) is -2.41. The summed E-state index contributed by atoms with van der Waals surface area (Å²) in [6.45, 7) is 0.741. The Labute approximate surface area is 159 Å². The smallest absolute Gasteiger partial charge is 0.434 e. The lowest BCUT2D eigenvalue weighted by Gasteiger charge is -2.30. The average molecular weight is 412 g/mol. The van der Waals surface area contributed by atoms with E-state index < -0.39 is 50.7 Å². The number of esters is 1. The van der Waals surface area contributed by atoms with Gasteiger partial charge in [0.15, 0.2) is 23.5 Å². The van der Waals surface area contributed by atoms with E-state index in [1.165, 1.54) is 17.8 Å². The molecule has 2 fully saturated rings. The van der Waals surface area contributed by atoms with Crippen LogP contribution in [0.2, 0.25) is 0 Å². The lowest BCUT2D eigenvalue weighted by molar-refractivity contribution is -0.149. The van der Waals surface area contributed by atoms with Gasteiger partial charge in [-0.2, -0.15) is 18.6 Å². The molecule has 0 saturated carbocycles. The van der Waals surface area contributed by atoms with Gasteiger partial charge in [-0.3, -0.25) is 19.1 Å². The summed E-state index contributed by atoms with van der Waals surface area (Å²) in [7, 11) is 2.62. The molecule has 148 valence electrons. The van der Waals surface area contributed by atoms with Crippen LogP contribution in [0.4, 0.5) is 5.95 Å². The van der Waals surface area contributed by atoms with E-state index >= 15 is 0 Å². The Morgan fingerprint density at radius 2 is 2.39 bits per heavy atom. The van der Waals surface area contributed by atoms with E-state index in [0.717, 1.165) is 0 Å². The predicted octanol–water partition coefficient (Wildman–Crippen LogP) is -1.24. The van der Waals surface area contributed by atoms with Crippen LogP contribution in [-0.4, -0.2) is 69.9 Å². The summed E-state index contributed by atoms with van der Waals surface area (Å²) in [5.74, 6) is -0.658. The van der Waals surface area contributed by atoms with Gasteiger partial charge in [0, 0.05) is 6.92 Å². The zero-order valence-corrected chi connectivity index (χ0v) is 15.4. The molecule has 28 heavy (non-hydrogen) atoms. The Bertz CT molecular complexity index is 970. The van der Waals surface area contributed by atoms with Gasteiger partial charge in [-0.05, 0) is 0 Å². The summed E-state index contributed by atoms with van der Waals surface area (Å²) in [4.78, 5) is 33.1. The van der Waals surface area contributed by atoms with Crippen molar-refractivity contribution in [2.24, 2.45) is 0 Å². The first-order valence-electron chi connectivity index (χ1n) is 8.12. The molecule has 0 spiro atoms. The van der Waals surface area contributed by atoms with Crippen molar-refractivity contribution in [1.29, 1.82) is 0 Å². The van der Waals surface area contributed by atoms with Crippen molar-refractivity contribution < 1.29 is 32.9 Å². The third-order valence-corrected chi connectivity index (χ3v) is 5.73. The van der Waals surface area contributed by atoms with Gasteiger partial charge in [-0.25, -0.2) is 4.98 Å². The molecule has 2 aliphatic rings. The van der Waals surface area contributed by atoms with Gasteiger partial charge in [0.05, 0.1) is 6.33 Å². The molecule has 2 radical (unpaired) electrons. The molecule has 15 heteroatoms. The first kappa shape index (κ1) is 19.2. The Balaban J connectivity index is 1.55. The fraction of sp³-hybridized carbons (Fsp3) is 0.538. The number of carbonyl (C=O) groups excluding carboxylic acids is 1. The van der Waals surface area contributed by atoms with Gasteiger partial charge >= 0.3 is 21.4 Å². The summed E-state index contributed by atoms with van der Waals surface area (Å²) >= 11 is 0. The molecule has 4 rings (SSSR count). The highest BCUT2D eigenvalue weighted by Gasteiger charge is 2.58. The zero-order valence-electron chi connectivity index (χ0n) is 14.5. The molecule has 2 aliphatic heterocycles. The van der Waals surface area contributed by atoms with Crippen molar-refractivity contribution in [2.45, 2.75) is 31.5 Å². The molecular weight excluding hydrogens is 396 g/mol. The molecule has 0 bridgehead atoms. The first-order chi connectivity index (χ1) is 13.3. The number of hydrogen-bond acceptors (Lipinski definition) is 11. The summed E-state index contributed by atoms with van der Waals surface area (Å²) in [5, 5.41) is 10.7. The van der Waals surface area contributed by atoms with Crippen LogP contribution in [-0.2, 0) is 27.8 Å². The minimum absolute atomic E-state index is 0.0225. The number of nitrogens with two attached hydrogens (primary N) is 1. The largest absolute Gasteiger partial charge is 0.488 e. The SMILES string of the molecule is [B][P+]1(OCOC(C)=O)OC[C@H]2O[C@@H](n3cnc4c(=O)[nH]c(N)nc43)[C@@H](O)[C@H]2O1. The van der Waals surface area contributed by atoms with Crippen molar-refractivity contribution in [3.63, 3.8) is 0 Å². The van der Waals surface area contributed by atoms with E-state index in [-0.39, 0.29) is 23.7 Å². The number of nitrogens with zero attached hydrogens (tertiary/aromatic N) is 3. The number of fused-ring (bicyclic) bond motifs is 2. The Morgan fingerprint density at radius 3 is 3.14 bits per heavy atom. The minimum Gasteiger partial charge on any atom is -0.434 e. The fourth-order valence-corrected chi connectivity index (χ4v) is 4.32. The number of anilines is 1.